The maximum atomic E-state index is 10.8. The molecule has 0 aliphatic rings. The zero-order chi connectivity index (χ0) is 11.4. The van der Waals surface area contributed by atoms with Crippen LogP contribution >= 0.6 is 34.8 Å². The minimum atomic E-state index is -0.642. The van der Waals surface area contributed by atoms with E-state index in [-0.39, 0.29) is 0 Å². The van der Waals surface area contributed by atoms with Crippen LogP contribution in [0.4, 0.5) is 0 Å². The fourth-order valence-corrected chi connectivity index (χ4v) is 1.38. The first kappa shape index (κ1) is 12.2. The normalized spacial score (nSPS) is 9.07. The molecule has 0 amide bonds. The van der Waals surface area contributed by atoms with E-state index in [4.69, 9.17) is 34.8 Å². The Morgan fingerprint density at radius 1 is 1.20 bits per heavy atom. The average molecular weight is 264 g/mol. The van der Waals surface area contributed by atoms with E-state index in [1.807, 2.05) is 0 Å². The van der Waals surface area contributed by atoms with Crippen molar-refractivity contribution in [2.24, 2.45) is 0 Å². The molecule has 0 aliphatic carbocycles. The van der Waals surface area contributed by atoms with Crippen LogP contribution in [0.5, 0.6) is 0 Å². The van der Waals surface area contributed by atoms with Crippen LogP contribution in [0.1, 0.15) is 5.56 Å². The highest BCUT2D eigenvalue weighted by Crippen LogP contribution is 2.28. The molecule has 5 heteroatoms. The van der Waals surface area contributed by atoms with Gasteiger partial charge in [-0.2, -0.15) is 0 Å². The van der Waals surface area contributed by atoms with E-state index >= 15 is 0 Å². The molecule has 78 valence electrons. The molecule has 0 N–H and O–H groups in total. The van der Waals surface area contributed by atoms with Gasteiger partial charge in [0.1, 0.15) is 0 Å². The summed E-state index contributed by atoms with van der Waals surface area (Å²) in [5.74, 6) is 4.13. The number of methoxy groups -OCH3 is 1. The highest BCUT2D eigenvalue weighted by atomic mass is 35.5. The summed E-state index contributed by atoms with van der Waals surface area (Å²) >= 11 is 17.3. The number of esters is 1. The third-order valence-electron chi connectivity index (χ3n) is 1.49. The largest absolute Gasteiger partial charge is 0.459 e. The van der Waals surface area contributed by atoms with Crippen molar-refractivity contribution in [3.63, 3.8) is 0 Å². The lowest BCUT2D eigenvalue weighted by molar-refractivity contribution is -0.133. The quantitative estimate of drug-likeness (QED) is 0.408. The molecule has 15 heavy (non-hydrogen) atoms. The van der Waals surface area contributed by atoms with Crippen LogP contribution in [0.25, 0.3) is 0 Å². The van der Waals surface area contributed by atoms with Crippen LogP contribution < -0.4 is 0 Å². The van der Waals surface area contributed by atoms with Gasteiger partial charge in [0.15, 0.2) is 0 Å². The Balaban J connectivity index is 3.09. The zero-order valence-corrected chi connectivity index (χ0v) is 9.87. The summed E-state index contributed by atoms with van der Waals surface area (Å²) in [5, 5.41) is 1.00. The van der Waals surface area contributed by atoms with Crippen LogP contribution in [0.15, 0.2) is 12.1 Å². The van der Waals surface area contributed by atoms with Gasteiger partial charge in [-0.05, 0) is 12.1 Å². The lowest BCUT2D eigenvalue weighted by atomic mass is 10.2. The number of benzene rings is 1. The SMILES string of the molecule is COC(=O)C#Cc1cc(Cl)c(Cl)cc1Cl. The second-order valence-electron chi connectivity index (χ2n) is 2.49. The predicted molar refractivity (Wildman–Crippen MR) is 60.4 cm³/mol. The summed E-state index contributed by atoms with van der Waals surface area (Å²) in [7, 11) is 1.24. The molecule has 2 nitrogen and oxygen atoms in total. The molecule has 0 bridgehead atoms. The predicted octanol–water partition coefficient (Wildman–Crippen LogP) is 3.17. The Kier molecular flexibility index (Phi) is 4.28. The molecular formula is C10H5Cl3O2. The van der Waals surface area contributed by atoms with Crippen molar-refractivity contribution in [1.82, 2.24) is 0 Å². The highest BCUT2D eigenvalue weighted by molar-refractivity contribution is 6.43. The summed E-state index contributed by atoms with van der Waals surface area (Å²) < 4.78 is 4.35. The number of hydrogen-bond acceptors (Lipinski definition) is 2. The molecule has 0 aromatic heterocycles. The fourth-order valence-electron chi connectivity index (χ4n) is 0.788. The van der Waals surface area contributed by atoms with Crippen LogP contribution in [-0.2, 0) is 9.53 Å². The van der Waals surface area contributed by atoms with Gasteiger partial charge >= 0.3 is 5.97 Å². The molecule has 1 rings (SSSR count). The number of carbonyl (C=O) groups is 1. The van der Waals surface area contributed by atoms with Crippen molar-refractivity contribution >= 4 is 40.8 Å². The van der Waals surface area contributed by atoms with Gasteiger partial charge in [-0.1, -0.05) is 40.7 Å². The van der Waals surface area contributed by atoms with Crippen molar-refractivity contribution < 1.29 is 9.53 Å². The summed E-state index contributed by atoms with van der Waals surface area (Å²) in [4.78, 5) is 10.8. The molecule has 0 saturated carbocycles. The molecule has 0 saturated heterocycles. The van der Waals surface area contributed by atoms with Crippen LogP contribution in [0, 0.1) is 11.8 Å². The molecular weight excluding hydrogens is 258 g/mol. The fraction of sp³-hybridized carbons (Fsp3) is 0.100. The lowest BCUT2D eigenvalue weighted by Crippen LogP contribution is -1.94. The first-order valence-corrected chi connectivity index (χ1v) is 4.92. The summed E-state index contributed by atoms with van der Waals surface area (Å²) in [6.07, 6.45) is 0. The first-order chi connectivity index (χ1) is 7.04. The number of rotatable bonds is 0. The third kappa shape index (κ3) is 3.32. The highest BCUT2D eigenvalue weighted by Gasteiger charge is 2.03. The Labute approximate surface area is 102 Å². The number of carbonyl (C=O) groups excluding carboxylic acids is 1. The van der Waals surface area contributed by atoms with Gasteiger partial charge in [0, 0.05) is 11.5 Å². The maximum absolute atomic E-state index is 10.8. The zero-order valence-electron chi connectivity index (χ0n) is 7.61. The monoisotopic (exact) mass is 262 g/mol. The molecule has 0 aliphatic heterocycles. The van der Waals surface area contributed by atoms with E-state index in [9.17, 15) is 4.79 Å². The minimum absolute atomic E-state index is 0.329. The average Bonchev–Trinajstić information content (AvgIpc) is 2.21. The van der Waals surface area contributed by atoms with Crippen molar-refractivity contribution in [3.8, 4) is 11.8 Å². The molecule has 0 heterocycles. The van der Waals surface area contributed by atoms with Crippen molar-refractivity contribution in [2.45, 2.75) is 0 Å². The van der Waals surface area contributed by atoms with E-state index in [0.29, 0.717) is 20.6 Å². The van der Waals surface area contributed by atoms with Crippen molar-refractivity contribution in [1.29, 1.82) is 0 Å². The smallest absolute Gasteiger partial charge is 0.384 e. The molecule has 1 aromatic rings. The molecule has 0 fully saturated rings. The van der Waals surface area contributed by atoms with Gasteiger partial charge in [-0.15, -0.1) is 0 Å². The Morgan fingerprint density at radius 3 is 2.40 bits per heavy atom. The number of halogens is 3. The first-order valence-electron chi connectivity index (χ1n) is 3.79. The standard InChI is InChI=1S/C10H5Cl3O2/c1-15-10(14)3-2-6-4-8(12)9(13)5-7(6)11/h4-5H,1H3. The van der Waals surface area contributed by atoms with Gasteiger partial charge in [-0.25, -0.2) is 4.79 Å². The van der Waals surface area contributed by atoms with Gasteiger partial charge in [0.2, 0.25) is 0 Å². The summed E-state index contributed by atoms with van der Waals surface area (Å²) in [6, 6.07) is 2.95. The second kappa shape index (κ2) is 5.27. The number of ether oxygens (including phenoxy) is 1. The van der Waals surface area contributed by atoms with Gasteiger partial charge in [-0.3, -0.25) is 0 Å². The van der Waals surface area contributed by atoms with Crippen LogP contribution in [-0.4, -0.2) is 13.1 Å². The van der Waals surface area contributed by atoms with Crippen molar-refractivity contribution in [3.05, 3.63) is 32.8 Å². The van der Waals surface area contributed by atoms with E-state index in [2.05, 4.69) is 16.6 Å². The molecule has 1 aromatic carbocycles. The van der Waals surface area contributed by atoms with Crippen LogP contribution in [0.3, 0.4) is 0 Å². The van der Waals surface area contributed by atoms with E-state index < -0.39 is 5.97 Å². The Bertz CT molecular complexity index is 458. The number of hydrogen-bond donors (Lipinski definition) is 0. The maximum Gasteiger partial charge on any atom is 0.384 e. The Hall–Kier alpha value is -0.880. The van der Waals surface area contributed by atoms with Crippen LogP contribution in [0.2, 0.25) is 15.1 Å². The summed E-state index contributed by atoms with van der Waals surface area (Å²) in [6.45, 7) is 0. The van der Waals surface area contributed by atoms with E-state index in [1.54, 1.807) is 0 Å². The lowest BCUT2D eigenvalue weighted by Gasteiger charge is -1.99. The molecule has 0 unspecified atom stereocenters. The molecule has 0 atom stereocenters. The van der Waals surface area contributed by atoms with Crippen molar-refractivity contribution in [2.75, 3.05) is 7.11 Å². The van der Waals surface area contributed by atoms with Gasteiger partial charge in [0.25, 0.3) is 0 Å². The van der Waals surface area contributed by atoms with E-state index in [1.165, 1.54) is 19.2 Å². The van der Waals surface area contributed by atoms with Gasteiger partial charge < -0.3 is 4.74 Å². The van der Waals surface area contributed by atoms with E-state index in [0.717, 1.165) is 0 Å². The summed E-state index contributed by atoms with van der Waals surface area (Å²) in [5.41, 5.74) is 0.427. The molecule has 0 radical (unpaired) electrons. The second-order valence-corrected chi connectivity index (χ2v) is 3.71. The Morgan fingerprint density at radius 2 is 1.80 bits per heavy atom. The third-order valence-corrected chi connectivity index (χ3v) is 2.53. The minimum Gasteiger partial charge on any atom is -0.459 e. The molecule has 0 spiro atoms. The topological polar surface area (TPSA) is 26.3 Å². The van der Waals surface area contributed by atoms with Gasteiger partial charge in [0.05, 0.1) is 22.2 Å².